The zero-order chi connectivity index (χ0) is 13.5. The van der Waals surface area contributed by atoms with Crippen molar-refractivity contribution in [3.05, 3.63) is 12.2 Å². The summed E-state index contributed by atoms with van der Waals surface area (Å²) in [5.74, 6) is 0.468. The molecule has 3 fully saturated rings. The molecule has 0 bridgehead atoms. The maximum atomic E-state index is 12.0. The quantitative estimate of drug-likeness (QED) is 0.557. The summed E-state index contributed by atoms with van der Waals surface area (Å²) in [6.07, 6.45) is 12.7. The Kier molecular flexibility index (Phi) is 3.23. The van der Waals surface area contributed by atoms with Crippen molar-refractivity contribution in [2.24, 2.45) is 11.3 Å². The highest BCUT2D eigenvalue weighted by Gasteiger charge is 2.55. The Bertz CT molecular complexity index is 388. The van der Waals surface area contributed by atoms with Gasteiger partial charge in [0.1, 0.15) is 5.60 Å². The first-order valence-corrected chi connectivity index (χ1v) is 7.94. The van der Waals surface area contributed by atoms with Gasteiger partial charge >= 0.3 is 5.97 Å². The smallest absolute Gasteiger partial charge is 0.333 e. The van der Waals surface area contributed by atoms with Gasteiger partial charge in [-0.25, -0.2) is 4.79 Å². The largest absolute Gasteiger partial charge is 0.455 e. The van der Waals surface area contributed by atoms with Crippen molar-refractivity contribution < 1.29 is 9.53 Å². The summed E-state index contributed by atoms with van der Waals surface area (Å²) in [5, 5.41) is 0. The minimum atomic E-state index is -0.165. The molecular weight excluding hydrogens is 236 g/mol. The van der Waals surface area contributed by atoms with Crippen LogP contribution >= 0.6 is 0 Å². The molecule has 0 aromatic heterocycles. The second-order valence-corrected chi connectivity index (χ2v) is 7.25. The van der Waals surface area contributed by atoms with Gasteiger partial charge in [0.25, 0.3) is 0 Å². The van der Waals surface area contributed by atoms with Crippen LogP contribution in [0.5, 0.6) is 0 Å². The lowest BCUT2D eigenvalue weighted by Gasteiger charge is -2.46. The van der Waals surface area contributed by atoms with Gasteiger partial charge in [0.15, 0.2) is 0 Å². The van der Waals surface area contributed by atoms with Crippen molar-refractivity contribution in [3.63, 3.8) is 0 Å². The van der Waals surface area contributed by atoms with E-state index < -0.39 is 0 Å². The third-order valence-electron chi connectivity index (χ3n) is 5.61. The standard InChI is InChI=1S/C17H26O2/c1-13(2)15(18)19-17(14-6-7-14)11-5-10-16(12-17)8-3-4-9-16/h14H,1,3-12H2,2H3. The van der Waals surface area contributed by atoms with Crippen LogP contribution in [0.3, 0.4) is 0 Å². The molecule has 0 heterocycles. The van der Waals surface area contributed by atoms with Crippen molar-refractivity contribution in [2.45, 2.75) is 76.7 Å². The molecule has 0 aromatic carbocycles. The molecule has 19 heavy (non-hydrogen) atoms. The zero-order valence-corrected chi connectivity index (χ0v) is 12.2. The summed E-state index contributed by atoms with van der Waals surface area (Å²) in [7, 11) is 0. The summed E-state index contributed by atoms with van der Waals surface area (Å²) >= 11 is 0. The number of carbonyl (C=O) groups is 1. The van der Waals surface area contributed by atoms with Crippen LogP contribution in [0.1, 0.15) is 71.1 Å². The highest BCUT2D eigenvalue weighted by Crippen LogP contribution is 2.59. The van der Waals surface area contributed by atoms with Crippen molar-refractivity contribution in [1.29, 1.82) is 0 Å². The highest BCUT2D eigenvalue weighted by atomic mass is 16.6. The fraction of sp³-hybridized carbons (Fsp3) is 0.824. The van der Waals surface area contributed by atoms with E-state index in [2.05, 4.69) is 6.58 Å². The first kappa shape index (κ1) is 13.2. The van der Waals surface area contributed by atoms with Crippen LogP contribution < -0.4 is 0 Å². The van der Waals surface area contributed by atoms with Crippen LogP contribution in [0.4, 0.5) is 0 Å². The van der Waals surface area contributed by atoms with E-state index in [0.717, 1.165) is 12.8 Å². The van der Waals surface area contributed by atoms with Gasteiger partial charge < -0.3 is 4.74 Å². The first-order chi connectivity index (χ1) is 9.05. The molecule has 1 atom stereocenters. The lowest BCUT2D eigenvalue weighted by atomic mass is 9.65. The summed E-state index contributed by atoms with van der Waals surface area (Å²) in [5.41, 5.74) is 0.903. The van der Waals surface area contributed by atoms with Crippen LogP contribution in [-0.4, -0.2) is 11.6 Å². The number of hydrogen-bond donors (Lipinski definition) is 0. The van der Waals surface area contributed by atoms with Crippen molar-refractivity contribution in [1.82, 2.24) is 0 Å². The molecule has 0 saturated heterocycles. The maximum absolute atomic E-state index is 12.0. The summed E-state index contributed by atoms with van der Waals surface area (Å²) < 4.78 is 6.01. The van der Waals surface area contributed by atoms with Gasteiger partial charge in [-0.05, 0) is 69.6 Å². The normalized spacial score (nSPS) is 33.3. The Balaban J connectivity index is 1.79. The molecule has 3 rings (SSSR count). The van der Waals surface area contributed by atoms with Gasteiger partial charge in [0, 0.05) is 5.57 Å². The first-order valence-electron chi connectivity index (χ1n) is 7.94. The average molecular weight is 262 g/mol. The van der Waals surface area contributed by atoms with Crippen molar-refractivity contribution >= 4 is 5.97 Å². The number of ether oxygens (including phenoxy) is 1. The van der Waals surface area contributed by atoms with Gasteiger partial charge in [-0.2, -0.15) is 0 Å². The Morgan fingerprint density at radius 2 is 1.74 bits per heavy atom. The molecule has 106 valence electrons. The Morgan fingerprint density at radius 1 is 1.11 bits per heavy atom. The molecule has 3 aliphatic rings. The predicted octanol–water partition coefficient (Wildman–Crippen LogP) is 4.39. The van der Waals surface area contributed by atoms with E-state index in [1.165, 1.54) is 51.4 Å². The summed E-state index contributed by atoms with van der Waals surface area (Å²) in [6, 6.07) is 0. The fourth-order valence-corrected chi connectivity index (χ4v) is 4.53. The van der Waals surface area contributed by atoms with Gasteiger partial charge in [0.05, 0.1) is 0 Å². The lowest BCUT2D eigenvalue weighted by Crippen LogP contribution is -2.46. The van der Waals surface area contributed by atoms with E-state index in [1.807, 2.05) is 0 Å². The molecule has 0 aromatic rings. The van der Waals surface area contributed by atoms with E-state index in [9.17, 15) is 4.79 Å². The van der Waals surface area contributed by atoms with Crippen LogP contribution in [0.2, 0.25) is 0 Å². The highest BCUT2D eigenvalue weighted by molar-refractivity contribution is 5.87. The number of rotatable bonds is 3. The molecule has 0 N–H and O–H groups in total. The number of hydrogen-bond acceptors (Lipinski definition) is 2. The molecule has 1 unspecified atom stereocenters. The van der Waals surface area contributed by atoms with Crippen LogP contribution in [0.25, 0.3) is 0 Å². The minimum absolute atomic E-state index is 0.140. The molecule has 0 aliphatic heterocycles. The van der Waals surface area contributed by atoms with Crippen LogP contribution in [0.15, 0.2) is 12.2 Å². The third kappa shape index (κ3) is 2.46. The molecule has 1 spiro atoms. The van der Waals surface area contributed by atoms with E-state index in [4.69, 9.17) is 4.74 Å². The van der Waals surface area contributed by atoms with Crippen molar-refractivity contribution in [2.75, 3.05) is 0 Å². The topological polar surface area (TPSA) is 26.3 Å². The second kappa shape index (κ2) is 4.64. The second-order valence-electron chi connectivity index (χ2n) is 7.25. The van der Waals surface area contributed by atoms with E-state index in [-0.39, 0.29) is 11.6 Å². The van der Waals surface area contributed by atoms with E-state index >= 15 is 0 Å². The van der Waals surface area contributed by atoms with E-state index in [1.54, 1.807) is 6.92 Å². The lowest BCUT2D eigenvalue weighted by molar-refractivity contribution is -0.167. The molecule has 2 heteroatoms. The van der Waals surface area contributed by atoms with Crippen molar-refractivity contribution in [3.8, 4) is 0 Å². The van der Waals surface area contributed by atoms with Crippen LogP contribution in [0, 0.1) is 11.3 Å². The van der Waals surface area contributed by atoms with Gasteiger partial charge in [-0.15, -0.1) is 0 Å². The fourth-order valence-electron chi connectivity index (χ4n) is 4.53. The minimum Gasteiger partial charge on any atom is -0.455 e. The summed E-state index contributed by atoms with van der Waals surface area (Å²) in [4.78, 5) is 12.0. The summed E-state index contributed by atoms with van der Waals surface area (Å²) in [6.45, 7) is 5.51. The van der Waals surface area contributed by atoms with Gasteiger partial charge in [-0.1, -0.05) is 19.4 Å². The third-order valence-corrected chi connectivity index (χ3v) is 5.61. The maximum Gasteiger partial charge on any atom is 0.333 e. The van der Waals surface area contributed by atoms with Gasteiger partial charge in [0.2, 0.25) is 0 Å². The monoisotopic (exact) mass is 262 g/mol. The number of esters is 1. The average Bonchev–Trinajstić information content (AvgIpc) is 3.14. The van der Waals surface area contributed by atoms with Crippen LogP contribution in [-0.2, 0) is 9.53 Å². The Hall–Kier alpha value is -0.790. The number of carbonyl (C=O) groups excluding carboxylic acids is 1. The molecule has 3 aliphatic carbocycles. The zero-order valence-electron chi connectivity index (χ0n) is 12.2. The SMILES string of the molecule is C=C(C)C(=O)OC1(C2CC2)CCCC2(CCCC2)C1. The molecule has 2 nitrogen and oxygen atoms in total. The van der Waals surface area contributed by atoms with E-state index in [0.29, 0.717) is 16.9 Å². The predicted molar refractivity (Wildman–Crippen MR) is 75.7 cm³/mol. The molecule has 0 amide bonds. The molecule has 3 saturated carbocycles. The van der Waals surface area contributed by atoms with Gasteiger partial charge in [-0.3, -0.25) is 0 Å². The molecular formula is C17H26O2. The Morgan fingerprint density at radius 3 is 2.32 bits per heavy atom. The Labute approximate surface area is 116 Å². The molecule has 0 radical (unpaired) electrons.